The van der Waals surface area contributed by atoms with E-state index in [4.69, 9.17) is 0 Å². The molecule has 0 radical (unpaired) electrons. The summed E-state index contributed by atoms with van der Waals surface area (Å²) in [5.74, 6) is -6.57. The highest BCUT2D eigenvalue weighted by molar-refractivity contribution is 7.90. The number of pyridine rings is 1. The van der Waals surface area contributed by atoms with Gasteiger partial charge in [0.2, 0.25) is 0 Å². The molecule has 35 heavy (non-hydrogen) atoms. The van der Waals surface area contributed by atoms with E-state index in [-0.39, 0.29) is 11.3 Å². The zero-order valence-corrected chi connectivity index (χ0v) is 19.5. The molecule has 0 saturated carbocycles. The standard InChI is InChI=1S/C22H20F4N4O4S/c1-11-4-5-16(15(23)8-11)29-20-14(22(31)34-3)10-13(17(24)19(20)26)9-12-6-7-28-21(18(12)25)30-35(32,33)27-2/h4-8,10,27,29H,9H2,1-3H3,(H,28,30). The molecule has 186 valence electrons. The van der Waals surface area contributed by atoms with Gasteiger partial charge in [0, 0.05) is 19.7 Å². The maximum atomic E-state index is 15.1. The lowest BCUT2D eigenvalue weighted by Crippen LogP contribution is -2.27. The van der Waals surface area contributed by atoms with Gasteiger partial charge in [-0.3, -0.25) is 4.72 Å². The number of nitrogens with zero attached hydrogens (tertiary/aromatic N) is 1. The number of anilines is 3. The van der Waals surface area contributed by atoms with Crippen molar-refractivity contribution in [2.24, 2.45) is 0 Å². The van der Waals surface area contributed by atoms with Crippen molar-refractivity contribution in [1.82, 2.24) is 9.71 Å². The van der Waals surface area contributed by atoms with Gasteiger partial charge in [-0.15, -0.1) is 0 Å². The van der Waals surface area contributed by atoms with Crippen LogP contribution in [0.25, 0.3) is 0 Å². The smallest absolute Gasteiger partial charge is 0.340 e. The van der Waals surface area contributed by atoms with Crippen LogP contribution in [0.15, 0.2) is 36.5 Å². The van der Waals surface area contributed by atoms with Gasteiger partial charge >= 0.3 is 5.97 Å². The SMILES string of the molecule is CNS(=O)(=O)Nc1nccc(Cc2cc(C(=O)OC)c(Nc3ccc(C)cc3F)c(F)c2F)c1F. The fraction of sp³-hybridized carbons (Fsp3) is 0.182. The first-order valence-electron chi connectivity index (χ1n) is 9.94. The summed E-state index contributed by atoms with van der Waals surface area (Å²) in [7, 11) is -1.99. The van der Waals surface area contributed by atoms with Crippen LogP contribution in [-0.4, -0.2) is 33.5 Å². The van der Waals surface area contributed by atoms with Crippen LogP contribution in [0.1, 0.15) is 27.0 Å². The molecule has 2 aromatic carbocycles. The first-order chi connectivity index (χ1) is 16.5. The number of hydrogen-bond donors (Lipinski definition) is 3. The van der Waals surface area contributed by atoms with Crippen molar-refractivity contribution in [3.8, 4) is 0 Å². The van der Waals surface area contributed by atoms with Crippen molar-refractivity contribution >= 4 is 33.4 Å². The van der Waals surface area contributed by atoms with E-state index in [0.29, 0.717) is 5.56 Å². The van der Waals surface area contributed by atoms with Crippen LogP contribution < -0.4 is 14.8 Å². The van der Waals surface area contributed by atoms with Crippen LogP contribution in [0.2, 0.25) is 0 Å². The Kier molecular flexibility index (Phi) is 7.60. The molecule has 0 atom stereocenters. The number of aromatic nitrogens is 1. The third-order valence-electron chi connectivity index (χ3n) is 4.92. The number of aryl methyl sites for hydroxylation is 1. The lowest BCUT2D eigenvalue weighted by atomic mass is 10.00. The third kappa shape index (κ3) is 5.69. The number of benzene rings is 2. The average Bonchev–Trinajstić information content (AvgIpc) is 2.81. The molecule has 13 heteroatoms. The fourth-order valence-corrected chi connectivity index (χ4v) is 3.63. The molecule has 0 spiro atoms. The van der Waals surface area contributed by atoms with Gasteiger partial charge in [-0.2, -0.15) is 8.42 Å². The van der Waals surface area contributed by atoms with E-state index in [2.05, 4.69) is 15.0 Å². The van der Waals surface area contributed by atoms with Gasteiger partial charge in [-0.05, 0) is 47.9 Å². The van der Waals surface area contributed by atoms with E-state index in [1.165, 1.54) is 12.1 Å². The number of esters is 1. The van der Waals surface area contributed by atoms with Gasteiger partial charge < -0.3 is 10.1 Å². The van der Waals surface area contributed by atoms with Crippen molar-refractivity contribution in [1.29, 1.82) is 0 Å². The van der Waals surface area contributed by atoms with E-state index in [1.807, 2.05) is 9.44 Å². The second-order valence-electron chi connectivity index (χ2n) is 7.31. The predicted octanol–water partition coefficient (Wildman–Crippen LogP) is 3.94. The number of rotatable bonds is 8. The summed E-state index contributed by atoms with van der Waals surface area (Å²) >= 11 is 0. The summed E-state index contributed by atoms with van der Waals surface area (Å²) in [6.07, 6.45) is 0.492. The summed E-state index contributed by atoms with van der Waals surface area (Å²) < 4.78 is 90.9. The van der Waals surface area contributed by atoms with Gasteiger partial charge in [-0.1, -0.05) is 6.07 Å². The molecule has 0 unspecified atom stereocenters. The third-order valence-corrected chi connectivity index (χ3v) is 5.92. The Balaban J connectivity index is 2.07. The summed E-state index contributed by atoms with van der Waals surface area (Å²) in [5, 5.41) is 2.38. The lowest BCUT2D eigenvalue weighted by molar-refractivity contribution is 0.0601. The number of ether oxygens (including phenoxy) is 1. The fourth-order valence-electron chi connectivity index (χ4n) is 3.13. The van der Waals surface area contributed by atoms with Gasteiger partial charge in [0.1, 0.15) is 5.82 Å². The first-order valence-corrected chi connectivity index (χ1v) is 11.4. The highest BCUT2D eigenvalue weighted by Gasteiger charge is 2.25. The van der Waals surface area contributed by atoms with Crippen molar-refractivity contribution < 1.29 is 35.5 Å². The molecule has 0 amide bonds. The Morgan fingerprint density at radius 1 is 1.03 bits per heavy atom. The van der Waals surface area contributed by atoms with Crippen molar-refractivity contribution in [2.45, 2.75) is 13.3 Å². The summed E-state index contributed by atoms with van der Waals surface area (Å²) in [5.41, 5.74) is -1.45. The minimum absolute atomic E-state index is 0.214. The minimum atomic E-state index is -4.10. The highest BCUT2D eigenvalue weighted by Crippen LogP contribution is 2.32. The van der Waals surface area contributed by atoms with Crippen LogP contribution in [0.3, 0.4) is 0 Å². The molecular weight excluding hydrogens is 492 g/mol. The van der Waals surface area contributed by atoms with Crippen LogP contribution in [0, 0.1) is 30.2 Å². The Labute approximate surface area is 198 Å². The Hall–Kier alpha value is -3.71. The number of halogens is 4. The molecule has 0 bridgehead atoms. The van der Waals surface area contributed by atoms with E-state index >= 15 is 8.78 Å². The van der Waals surface area contributed by atoms with Crippen molar-refractivity contribution in [3.63, 3.8) is 0 Å². The summed E-state index contributed by atoms with van der Waals surface area (Å²) in [6.45, 7) is 1.63. The molecule has 0 aliphatic heterocycles. The largest absolute Gasteiger partial charge is 0.465 e. The lowest BCUT2D eigenvalue weighted by Gasteiger charge is -2.16. The molecule has 8 nitrogen and oxygen atoms in total. The number of methoxy groups -OCH3 is 1. The van der Waals surface area contributed by atoms with Gasteiger partial charge in [-0.25, -0.2) is 32.1 Å². The molecule has 0 fully saturated rings. The Bertz CT molecular complexity index is 1400. The molecule has 0 aliphatic carbocycles. The second kappa shape index (κ2) is 10.3. The minimum Gasteiger partial charge on any atom is -0.465 e. The van der Waals surface area contributed by atoms with E-state index in [1.54, 1.807) is 6.92 Å². The van der Waals surface area contributed by atoms with Crippen molar-refractivity contribution in [3.05, 3.63) is 82.1 Å². The molecule has 1 heterocycles. The molecule has 3 rings (SSSR count). The summed E-state index contributed by atoms with van der Waals surface area (Å²) in [6, 6.07) is 6.05. The van der Waals surface area contributed by atoms with Crippen LogP contribution in [-0.2, 0) is 21.4 Å². The van der Waals surface area contributed by atoms with Crippen LogP contribution in [0.4, 0.5) is 34.8 Å². The highest BCUT2D eigenvalue weighted by atomic mass is 32.2. The molecule has 1 aromatic heterocycles. The second-order valence-corrected chi connectivity index (χ2v) is 8.92. The molecule has 0 aliphatic rings. The van der Waals surface area contributed by atoms with Crippen LogP contribution >= 0.6 is 0 Å². The van der Waals surface area contributed by atoms with E-state index in [0.717, 1.165) is 38.6 Å². The molecule has 3 aromatic rings. The first kappa shape index (κ1) is 25.9. The van der Waals surface area contributed by atoms with Gasteiger partial charge in [0.25, 0.3) is 10.2 Å². The quantitative estimate of drug-likeness (QED) is 0.312. The maximum Gasteiger partial charge on any atom is 0.340 e. The number of carbonyl (C=O) groups excluding carboxylic acids is 1. The number of carbonyl (C=O) groups is 1. The number of hydrogen-bond acceptors (Lipinski definition) is 6. The maximum absolute atomic E-state index is 15.1. The molecular formula is C22H20F4N4O4S. The topological polar surface area (TPSA) is 109 Å². The molecule has 0 saturated heterocycles. The van der Waals surface area contributed by atoms with E-state index in [9.17, 15) is 22.0 Å². The zero-order valence-electron chi connectivity index (χ0n) is 18.7. The van der Waals surface area contributed by atoms with Crippen molar-refractivity contribution in [2.75, 3.05) is 24.2 Å². The number of nitrogens with one attached hydrogen (secondary N) is 3. The normalized spacial score (nSPS) is 11.3. The zero-order chi connectivity index (χ0) is 25.9. The van der Waals surface area contributed by atoms with Crippen LogP contribution in [0.5, 0.6) is 0 Å². The molecule has 3 N–H and O–H groups in total. The van der Waals surface area contributed by atoms with Gasteiger partial charge in [0.05, 0.1) is 24.0 Å². The summed E-state index contributed by atoms with van der Waals surface area (Å²) in [4.78, 5) is 15.9. The Morgan fingerprint density at radius 3 is 2.37 bits per heavy atom. The monoisotopic (exact) mass is 512 g/mol. The van der Waals surface area contributed by atoms with E-state index < -0.39 is 68.5 Å². The predicted molar refractivity (Wildman–Crippen MR) is 121 cm³/mol. The Morgan fingerprint density at radius 2 is 1.74 bits per heavy atom. The average molecular weight is 512 g/mol. The van der Waals surface area contributed by atoms with Gasteiger partial charge in [0.15, 0.2) is 23.3 Å².